The van der Waals surface area contributed by atoms with Crippen molar-refractivity contribution < 1.29 is 22.5 Å². The number of ketones is 1. The maximum absolute atomic E-state index is 13.2. The summed E-state index contributed by atoms with van der Waals surface area (Å²) >= 11 is 1.43. The summed E-state index contributed by atoms with van der Waals surface area (Å²) < 4.78 is 28.4. The van der Waals surface area contributed by atoms with E-state index in [2.05, 4.69) is 24.6 Å². The van der Waals surface area contributed by atoms with Crippen LogP contribution in [0.2, 0.25) is 0 Å². The van der Waals surface area contributed by atoms with Crippen LogP contribution in [-0.2, 0) is 14.5 Å². The number of aliphatic hydroxyl groups is 1. The molecule has 176 valence electrons. The van der Waals surface area contributed by atoms with Gasteiger partial charge in [0.2, 0.25) is 5.78 Å². The molecule has 0 spiro atoms. The molecule has 1 fully saturated rings. The van der Waals surface area contributed by atoms with Gasteiger partial charge in [0.1, 0.15) is 12.1 Å². The van der Waals surface area contributed by atoms with Crippen molar-refractivity contribution in [2.45, 2.75) is 31.9 Å². The Balaban J connectivity index is 1.45. The molecule has 0 unspecified atom stereocenters. The van der Waals surface area contributed by atoms with Crippen LogP contribution < -0.4 is 10.5 Å². The summed E-state index contributed by atoms with van der Waals surface area (Å²) in [6, 6.07) is -0.223. The first-order valence-electron chi connectivity index (χ1n) is 10.2. The molecule has 0 bridgehead atoms. The van der Waals surface area contributed by atoms with E-state index in [1.165, 1.54) is 24.3 Å². The number of aromatic nitrogens is 4. The highest BCUT2D eigenvalue weighted by atomic mass is 32.2. The lowest BCUT2D eigenvalue weighted by Gasteiger charge is -2.15. The van der Waals surface area contributed by atoms with E-state index >= 15 is 0 Å². The van der Waals surface area contributed by atoms with Gasteiger partial charge in [-0.15, -0.1) is 11.8 Å². The first-order valence-corrected chi connectivity index (χ1v) is 12.7. The fourth-order valence-electron chi connectivity index (χ4n) is 3.81. The first-order chi connectivity index (χ1) is 15.7. The van der Waals surface area contributed by atoms with E-state index in [4.69, 9.17) is 5.14 Å². The molecular weight excluding hydrogens is 468 g/mol. The van der Waals surface area contributed by atoms with Gasteiger partial charge >= 0.3 is 10.3 Å². The van der Waals surface area contributed by atoms with E-state index in [-0.39, 0.29) is 18.4 Å². The van der Waals surface area contributed by atoms with Crippen molar-refractivity contribution >= 4 is 39.9 Å². The predicted molar refractivity (Wildman–Crippen MR) is 123 cm³/mol. The molecule has 1 aliphatic carbocycles. The summed E-state index contributed by atoms with van der Waals surface area (Å²) in [5.41, 5.74) is 2.34. The fourth-order valence-corrected chi connectivity index (χ4v) is 5.13. The molecule has 13 heteroatoms. The van der Waals surface area contributed by atoms with Crippen molar-refractivity contribution in [2.24, 2.45) is 11.1 Å². The Morgan fingerprint density at radius 3 is 2.97 bits per heavy atom. The molecule has 4 N–H and O–H groups in total. The molecule has 0 aromatic carbocycles. The number of aliphatic hydroxyl groups excluding tert-OH is 1. The number of allylic oxidation sites excluding steroid dienone is 2. The number of carbonyl (C=O) groups is 1. The van der Waals surface area contributed by atoms with E-state index in [1.807, 2.05) is 25.4 Å². The number of nitrogens with two attached hydrogens (primary N) is 1. The molecule has 1 aliphatic heterocycles. The third-order valence-electron chi connectivity index (χ3n) is 5.36. The summed E-state index contributed by atoms with van der Waals surface area (Å²) in [5.74, 6) is 0.406. The number of hydrogen-bond acceptors (Lipinski definition) is 10. The minimum absolute atomic E-state index is 0.198. The van der Waals surface area contributed by atoms with Crippen LogP contribution in [0.5, 0.6) is 0 Å². The zero-order chi connectivity index (χ0) is 23.6. The molecule has 0 amide bonds. The van der Waals surface area contributed by atoms with Gasteiger partial charge in [-0.05, 0) is 37.0 Å². The Bertz CT molecular complexity index is 1210. The Morgan fingerprint density at radius 2 is 2.24 bits per heavy atom. The lowest BCUT2D eigenvalue weighted by Crippen LogP contribution is -2.24. The van der Waals surface area contributed by atoms with Gasteiger partial charge in [0.25, 0.3) is 0 Å². The fraction of sp³-hybridized carbons (Fsp3) is 0.400. The summed E-state index contributed by atoms with van der Waals surface area (Å²) in [4.78, 5) is 22.0. The summed E-state index contributed by atoms with van der Waals surface area (Å²) in [6.07, 6.45) is 10.2. The second-order valence-electron chi connectivity index (χ2n) is 8.03. The topological polar surface area (TPSA) is 162 Å². The molecule has 2 aromatic heterocycles. The van der Waals surface area contributed by atoms with Gasteiger partial charge < -0.3 is 10.4 Å². The quantitative estimate of drug-likeness (QED) is 0.455. The van der Waals surface area contributed by atoms with Crippen molar-refractivity contribution in [1.29, 1.82) is 0 Å². The van der Waals surface area contributed by atoms with Gasteiger partial charge in [-0.2, -0.15) is 13.5 Å². The van der Waals surface area contributed by atoms with Gasteiger partial charge in [-0.3, -0.25) is 8.98 Å². The van der Waals surface area contributed by atoms with E-state index in [0.717, 1.165) is 11.1 Å². The summed E-state index contributed by atoms with van der Waals surface area (Å²) in [6.45, 7) is 1.75. The molecule has 3 heterocycles. The van der Waals surface area contributed by atoms with Crippen molar-refractivity contribution in [1.82, 2.24) is 19.7 Å². The number of anilines is 1. The monoisotopic (exact) mass is 492 g/mol. The average molecular weight is 493 g/mol. The van der Waals surface area contributed by atoms with E-state index in [9.17, 15) is 18.3 Å². The van der Waals surface area contributed by atoms with Crippen molar-refractivity contribution in [3.8, 4) is 0 Å². The SMILES string of the molecule is Cc1cnn(C=C2C=C(C(=O)c3cncnc3N[C@@H]3C[C@H](COS(N)(=O)=O)[C@@H](O)C3)SC2)c1. The normalized spacial score (nSPS) is 24.3. The molecule has 2 aromatic rings. The number of hydrogen-bond donors (Lipinski definition) is 3. The Morgan fingerprint density at radius 1 is 1.42 bits per heavy atom. The second kappa shape index (κ2) is 9.73. The van der Waals surface area contributed by atoms with E-state index in [0.29, 0.717) is 34.9 Å². The largest absolute Gasteiger partial charge is 0.393 e. The zero-order valence-electron chi connectivity index (χ0n) is 17.8. The molecule has 4 rings (SSSR count). The van der Waals surface area contributed by atoms with Crippen LogP contribution in [0.25, 0.3) is 6.20 Å². The molecule has 0 radical (unpaired) electrons. The number of nitrogens with one attached hydrogen (secondary N) is 1. The number of Topliss-reactive ketones (excluding diaryl/α,β-unsaturated/α-hetero) is 1. The number of carbonyl (C=O) groups excluding carboxylic acids is 1. The van der Waals surface area contributed by atoms with Gasteiger partial charge in [0.15, 0.2) is 0 Å². The number of thioether (sulfide) groups is 1. The third kappa shape index (κ3) is 6.06. The highest BCUT2D eigenvalue weighted by Gasteiger charge is 2.35. The lowest BCUT2D eigenvalue weighted by atomic mass is 10.1. The molecule has 3 atom stereocenters. The van der Waals surface area contributed by atoms with E-state index < -0.39 is 22.3 Å². The van der Waals surface area contributed by atoms with Crippen molar-refractivity contribution in [3.05, 3.63) is 52.6 Å². The average Bonchev–Trinajstić information content (AvgIpc) is 3.47. The van der Waals surface area contributed by atoms with Gasteiger partial charge in [-0.1, -0.05) is 0 Å². The minimum atomic E-state index is -4.08. The predicted octanol–water partition coefficient (Wildman–Crippen LogP) is 1.11. The Labute approximate surface area is 195 Å². The van der Waals surface area contributed by atoms with Gasteiger partial charge in [0, 0.05) is 36.3 Å². The third-order valence-corrected chi connectivity index (χ3v) is 6.92. The standard InChI is InChI=1S/C20H24N6O5S2/c1-12-5-24-26(7-12)8-13-2-18(32-10-13)19(28)16-6-22-11-23-20(16)25-15-3-14(17(27)4-15)9-31-33(21,29)30/h2,5-8,11,14-15,17,27H,3-4,9-10H2,1H3,(H2,21,29,30)(H,22,23,25)/t14-,15-,17+/m1/s1. The summed E-state index contributed by atoms with van der Waals surface area (Å²) in [7, 11) is -4.08. The number of rotatable bonds is 8. The van der Waals surface area contributed by atoms with Crippen LogP contribution in [0, 0.1) is 12.8 Å². The van der Waals surface area contributed by atoms with Gasteiger partial charge in [-0.25, -0.2) is 19.8 Å². The molecule has 2 aliphatic rings. The van der Waals surface area contributed by atoms with Crippen molar-refractivity contribution in [3.63, 3.8) is 0 Å². The lowest BCUT2D eigenvalue weighted by molar-refractivity contribution is 0.101. The van der Waals surface area contributed by atoms with Crippen LogP contribution >= 0.6 is 11.8 Å². The molecular formula is C20H24N6O5S2. The maximum atomic E-state index is 13.2. The smallest absolute Gasteiger partial charge is 0.333 e. The molecule has 11 nitrogen and oxygen atoms in total. The maximum Gasteiger partial charge on any atom is 0.333 e. The zero-order valence-corrected chi connectivity index (χ0v) is 19.4. The Kier molecular flexibility index (Phi) is 6.95. The first kappa shape index (κ1) is 23.6. The molecule has 33 heavy (non-hydrogen) atoms. The highest BCUT2D eigenvalue weighted by molar-refractivity contribution is 8.04. The second-order valence-corrected chi connectivity index (χ2v) is 10.3. The van der Waals surface area contributed by atoms with Crippen LogP contribution in [-0.4, -0.2) is 63.6 Å². The van der Waals surface area contributed by atoms with E-state index in [1.54, 1.807) is 10.9 Å². The number of aryl methyl sites for hydroxylation is 1. The van der Waals surface area contributed by atoms with Crippen molar-refractivity contribution in [2.75, 3.05) is 17.7 Å². The van der Waals surface area contributed by atoms with Crippen LogP contribution in [0.3, 0.4) is 0 Å². The Hall–Kier alpha value is -2.58. The molecule has 0 saturated heterocycles. The van der Waals surface area contributed by atoms with Gasteiger partial charge in [0.05, 0.1) is 29.4 Å². The van der Waals surface area contributed by atoms with Crippen LogP contribution in [0.1, 0.15) is 28.8 Å². The molecule has 1 saturated carbocycles. The van der Waals surface area contributed by atoms with Crippen LogP contribution in [0.4, 0.5) is 5.82 Å². The van der Waals surface area contributed by atoms with Crippen LogP contribution in [0.15, 0.2) is 41.5 Å². The minimum Gasteiger partial charge on any atom is -0.393 e. The highest BCUT2D eigenvalue weighted by Crippen LogP contribution is 2.34. The summed E-state index contributed by atoms with van der Waals surface area (Å²) in [5, 5.41) is 22.5. The number of nitrogens with zero attached hydrogens (tertiary/aromatic N) is 4.